The molecule has 0 bridgehead atoms. The number of amides is 1. The smallest absolute Gasteiger partial charge is 0.410 e. The van der Waals surface area contributed by atoms with Crippen LogP contribution in [0.2, 0.25) is 0 Å². The Morgan fingerprint density at radius 1 is 1.12 bits per heavy atom. The number of anilines is 1. The zero-order valence-corrected chi connectivity index (χ0v) is 14.9. The van der Waals surface area contributed by atoms with Gasteiger partial charge in [0.25, 0.3) is 0 Å². The second kappa shape index (κ2) is 8.77. The Balaban J connectivity index is 1.49. The molecule has 0 aliphatic carbocycles. The number of aromatic nitrogens is 1. The Morgan fingerprint density at radius 3 is 2.54 bits per heavy atom. The number of benzene rings is 2. The predicted molar refractivity (Wildman–Crippen MR) is 102 cm³/mol. The third-order valence-corrected chi connectivity index (χ3v) is 4.13. The SMILES string of the molecule is C/C(=N\OCc1csc(NC(=O)Oc2ccccc2)n1)c1ccccc1. The third-order valence-electron chi connectivity index (χ3n) is 3.32. The molecule has 0 atom stereocenters. The van der Waals surface area contributed by atoms with Gasteiger partial charge >= 0.3 is 6.09 Å². The van der Waals surface area contributed by atoms with Gasteiger partial charge in [-0.1, -0.05) is 53.7 Å². The minimum absolute atomic E-state index is 0.218. The van der Waals surface area contributed by atoms with Crippen LogP contribution < -0.4 is 10.1 Å². The molecule has 0 aliphatic heterocycles. The minimum Gasteiger partial charge on any atom is -0.410 e. The van der Waals surface area contributed by atoms with E-state index in [0.717, 1.165) is 11.3 Å². The number of thiazole rings is 1. The summed E-state index contributed by atoms with van der Waals surface area (Å²) >= 11 is 1.29. The number of carbonyl (C=O) groups excluding carboxylic acids is 1. The maximum atomic E-state index is 11.8. The van der Waals surface area contributed by atoms with Gasteiger partial charge in [0.15, 0.2) is 11.7 Å². The van der Waals surface area contributed by atoms with Gasteiger partial charge in [0.1, 0.15) is 5.75 Å². The normalized spacial score (nSPS) is 11.0. The minimum atomic E-state index is -0.587. The number of ether oxygens (including phenoxy) is 1. The molecule has 0 aliphatic rings. The fraction of sp³-hybridized carbons (Fsp3) is 0.105. The second-order valence-corrected chi connectivity index (χ2v) is 6.15. The lowest BCUT2D eigenvalue weighted by Crippen LogP contribution is -2.16. The van der Waals surface area contributed by atoms with E-state index < -0.39 is 6.09 Å². The molecule has 1 aromatic heterocycles. The molecule has 1 amide bonds. The van der Waals surface area contributed by atoms with Crippen molar-refractivity contribution in [2.75, 3.05) is 5.32 Å². The summed E-state index contributed by atoms with van der Waals surface area (Å²) in [7, 11) is 0. The van der Waals surface area contributed by atoms with Gasteiger partial charge < -0.3 is 9.57 Å². The van der Waals surface area contributed by atoms with E-state index in [-0.39, 0.29) is 6.61 Å². The van der Waals surface area contributed by atoms with Crippen LogP contribution in [0.3, 0.4) is 0 Å². The Hall–Kier alpha value is -3.19. The summed E-state index contributed by atoms with van der Waals surface area (Å²) in [5, 5.41) is 8.91. The average molecular weight is 367 g/mol. The first-order chi connectivity index (χ1) is 12.7. The Kier molecular flexibility index (Phi) is 5.95. The van der Waals surface area contributed by atoms with Crippen molar-refractivity contribution in [3.63, 3.8) is 0 Å². The number of carbonyl (C=O) groups is 1. The highest BCUT2D eigenvalue weighted by Gasteiger charge is 2.09. The number of hydrogen-bond donors (Lipinski definition) is 1. The van der Waals surface area contributed by atoms with Gasteiger partial charge in [-0.3, -0.25) is 5.32 Å². The van der Waals surface area contributed by atoms with Gasteiger partial charge in [-0.05, 0) is 24.6 Å². The van der Waals surface area contributed by atoms with Crippen LogP contribution in [-0.2, 0) is 11.4 Å². The highest BCUT2D eigenvalue weighted by atomic mass is 32.1. The van der Waals surface area contributed by atoms with Crippen LogP contribution in [0.25, 0.3) is 0 Å². The van der Waals surface area contributed by atoms with Crippen molar-refractivity contribution in [2.45, 2.75) is 13.5 Å². The van der Waals surface area contributed by atoms with E-state index >= 15 is 0 Å². The second-order valence-electron chi connectivity index (χ2n) is 5.29. The van der Waals surface area contributed by atoms with E-state index in [1.807, 2.05) is 43.3 Å². The van der Waals surface area contributed by atoms with E-state index in [1.165, 1.54) is 11.3 Å². The van der Waals surface area contributed by atoms with E-state index in [4.69, 9.17) is 9.57 Å². The van der Waals surface area contributed by atoms with Gasteiger partial charge in [-0.2, -0.15) is 0 Å². The zero-order valence-electron chi connectivity index (χ0n) is 14.1. The molecule has 6 nitrogen and oxygen atoms in total. The quantitative estimate of drug-likeness (QED) is 0.506. The van der Waals surface area contributed by atoms with Crippen molar-refractivity contribution >= 4 is 28.3 Å². The summed E-state index contributed by atoms with van der Waals surface area (Å²) in [5.74, 6) is 0.468. The number of nitrogens with zero attached hydrogens (tertiary/aromatic N) is 2. The molecule has 0 spiro atoms. The molecular weight excluding hydrogens is 350 g/mol. The summed E-state index contributed by atoms with van der Waals surface area (Å²) in [6.07, 6.45) is -0.587. The molecule has 26 heavy (non-hydrogen) atoms. The molecule has 1 N–H and O–H groups in total. The summed E-state index contributed by atoms with van der Waals surface area (Å²) in [6.45, 7) is 2.10. The highest BCUT2D eigenvalue weighted by molar-refractivity contribution is 7.13. The van der Waals surface area contributed by atoms with Crippen LogP contribution in [0.4, 0.5) is 9.93 Å². The standard InChI is InChI=1S/C19H17N3O3S/c1-14(15-8-4-2-5-9-15)22-24-12-16-13-26-18(20-16)21-19(23)25-17-10-6-3-7-11-17/h2-11,13H,12H2,1H3,(H,20,21,23)/b22-14+. The molecule has 3 aromatic rings. The average Bonchev–Trinajstić information content (AvgIpc) is 3.10. The molecule has 0 saturated carbocycles. The van der Waals surface area contributed by atoms with Crippen molar-refractivity contribution in [3.05, 3.63) is 77.3 Å². The summed E-state index contributed by atoms with van der Waals surface area (Å²) in [6, 6.07) is 18.6. The topological polar surface area (TPSA) is 72.8 Å². The summed E-state index contributed by atoms with van der Waals surface area (Å²) < 4.78 is 5.15. The number of nitrogens with one attached hydrogen (secondary N) is 1. The van der Waals surface area contributed by atoms with E-state index in [9.17, 15) is 4.79 Å². The molecule has 0 saturated heterocycles. The van der Waals surface area contributed by atoms with E-state index in [2.05, 4.69) is 15.5 Å². The van der Waals surface area contributed by atoms with Gasteiger partial charge in [-0.15, -0.1) is 11.3 Å². The molecule has 3 rings (SSSR count). The van der Waals surface area contributed by atoms with Crippen molar-refractivity contribution in [1.29, 1.82) is 0 Å². The predicted octanol–water partition coefficient (Wildman–Crippen LogP) is 4.69. The molecule has 0 fully saturated rings. The van der Waals surface area contributed by atoms with Crippen LogP contribution in [-0.4, -0.2) is 16.8 Å². The monoisotopic (exact) mass is 367 g/mol. The molecule has 132 valence electrons. The van der Waals surface area contributed by atoms with Gasteiger partial charge in [0, 0.05) is 5.38 Å². The fourth-order valence-corrected chi connectivity index (χ4v) is 2.75. The van der Waals surface area contributed by atoms with Gasteiger partial charge in [0.2, 0.25) is 0 Å². The lowest BCUT2D eigenvalue weighted by Gasteiger charge is -2.03. The zero-order chi connectivity index (χ0) is 18.2. The summed E-state index contributed by atoms with van der Waals surface area (Å²) in [4.78, 5) is 21.4. The third kappa shape index (κ3) is 5.15. The van der Waals surface area contributed by atoms with E-state index in [0.29, 0.717) is 16.6 Å². The maximum absolute atomic E-state index is 11.8. The number of hydrogen-bond acceptors (Lipinski definition) is 6. The lowest BCUT2D eigenvalue weighted by atomic mass is 10.1. The highest BCUT2D eigenvalue weighted by Crippen LogP contribution is 2.17. The Labute approximate surface area is 155 Å². The van der Waals surface area contributed by atoms with Crippen molar-refractivity contribution < 1.29 is 14.4 Å². The summed E-state index contributed by atoms with van der Waals surface area (Å²) in [5.41, 5.74) is 2.46. The molecule has 0 unspecified atom stereocenters. The fourth-order valence-electron chi connectivity index (χ4n) is 2.07. The Bertz CT molecular complexity index is 879. The largest absolute Gasteiger partial charge is 0.418 e. The van der Waals surface area contributed by atoms with Crippen molar-refractivity contribution in [2.24, 2.45) is 5.16 Å². The molecule has 7 heteroatoms. The molecule has 1 heterocycles. The first kappa shape index (κ1) is 17.6. The first-order valence-corrected chi connectivity index (χ1v) is 8.79. The van der Waals surface area contributed by atoms with Crippen LogP contribution in [0.15, 0.2) is 71.2 Å². The number of para-hydroxylation sites is 1. The van der Waals surface area contributed by atoms with Crippen molar-refractivity contribution in [3.8, 4) is 5.75 Å². The van der Waals surface area contributed by atoms with Crippen LogP contribution in [0.1, 0.15) is 18.2 Å². The van der Waals surface area contributed by atoms with Crippen LogP contribution in [0.5, 0.6) is 5.75 Å². The Morgan fingerprint density at radius 2 is 1.81 bits per heavy atom. The van der Waals surface area contributed by atoms with Gasteiger partial charge in [-0.25, -0.2) is 9.78 Å². The lowest BCUT2D eigenvalue weighted by molar-refractivity contribution is 0.128. The maximum Gasteiger partial charge on any atom is 0.418 e. The number of rotatable bonds is 6. The first-order valence-electron chi connectivity index (χ1n) is 7.91. The van der Waals surface area contributed by atoms with Gasteiger partial charge in [0.05, 0.1) is 11.4 Å². The molecule has 2 aromatic carbocycles. The molecule has 0 radical (unpaired) electrons. The van der Waals surface area contributed by atoms with E-state index in [1.54, 1.807) is 29.6 Å². The van der Waals surface area contributed by atoms with Crippen LogP contribution in [0, 0.1) is 0 Å². The van der Waals surface area contributed by atoms with Crippen molar-refractivity contribution in [1.82, 2.24) is 4.98 Å². The number of oxime groups is 1. The molecular formula is C19H17N3O3S. The van der Waals surface area contributed by atoms with Crippen LogP contribution >= 0.6 is 11.3 Å².